The number of benzene rings is 1. The maximum atomic E-state index is 12.1. The van der Waals surface area contributed by atoms with E-state index in [0.29, 0.717) is 0 Å². The molecule has 0 heterocycles. The van der Waals surface area contributed by atoms with E-state index in [2.05, 4.69) is 0 Å². The molecule has 1 N–H and O–H groups in total. The number of hydrogen-bond donors (Lipinski definition) is 1. The summed E-state index contributed by atoms with van der Waals surface area (Å²) in [7, 11) is 0. The zero-order chi connectivity index (χ0) is 9.35. The van der Waals surface area contributed by atoms with Crippen molar-refractivity contribution in [3.05, 3.63) is 23.2 Å². The van der Waals surface area contributed by atoms with Gasteiger partial charge in [0.25, 0.3) is 0 Å². The SMILES string of the molecule is Oc1cccc(Cl)c1[B-](F)(F)F.[K+]. The molecule has 7 heteroatoms. The quantitative estimate of drug-likeness (QED) is 0.625. The van der Waals surface area contributed by atoms with Crippen molar-refractivity contribution in [3.63, 3.8) is 0 Å². The minimum Gasteiger partial charge on any atom is -0.511 e. The van der Waals surface area contributed by atoms with Gasteiger partial charge in [0.05, 0.1) is 5.75 Å². The standard InChI is InChI=1S/C6H4BClF3O.K/c8-4-2-1-3-5(12)6(4)7(9,10)11;/h1-3,12H;/q-1;+1. The molecule has 1 aromatic carbocycles. The largest absolute Gasteiger partial charge is 1.00 e. The Kier molecular flexibility index (Phi) is 5.35. The molecule has 0 atom stereocenters. The van der Waals surface area contributed by atoms with Crippen molar-refractivity contribution in [2.45, 2.75) is 0 Å². The van der Waals surface area contributed by atoms with Crippen LogP contribution in [0.5, 0.6) is 5.75 Å². The molecule has 0 unspecified atom stereocenters. The second-order valence-corrected chi connectivity index (χ2v) is 2.65. The normalized spacial score (nSPS) is 10.8. The molecule has 0 radical (unpaired) electrons. The molecule has 0 spiro atoms. The zero-order valence-corrected chi connectivity index (χ0v) is 10.6. The molecule has 0 aromatic heterocycles. The Balaban J connectivity index is 0.00000144. The maximum absolute atomic E-state index is 12.1. The van der Waals surface area contributed by atoms with Crippen molar-refractivity contribution in [1.82, 2.24) is 0 Å². The van der Waals surface area contributed by atoms with Crippen LogP contribution in [0.1, 0.15) is 0 Å². The summed E-state index contributed by atoms with van der Waals surface area (Å²) in [5, 5.41) is 8.37. The summed E-state index contributed by atoms with van der Waals surface area (Å²) >= 11 is 5.25. The summed E-state index contributed by atoms with van der Waals surface area (Å²) in [6.45, 7) is -5.24. The van der Waals surface area contributed by atoms with Crippen LogP contribution >= 0.6 is 11.6 Å². The van der Waals surface area contributed by atoms with Crippen LogP contribution in [0.3, 0.4) is 0 Å². The van der Waals surface area contributed by atoms with Crippen LogP contribution in [0, 0.1) is 0 Å². The van der Waals surface area contributed by atoms with E-state index in [-0.39, 0.29) is 51.4 Å². The number of phenolic OH excluding ortho intramolecular Hbond substituents is 1. The van der Waals surface area contributed by atoms with Gasteiger partial charge in [0, 0.05) is 5.02 Å². The van der Waals surface area contributed by atoms with E-state index in [1.54, 1.807) is 0 Å². The Morgan fingerprint density at radius 1 is 1.23 bits per heavy atom. The fourth-order valence-corrected chi connectivity index (χ4v) is 1.14. The van der Waals surface area contributed by atoms with Crippen LogP contribution < -0.4 is 56.8 Å². The van der Waals surface area contributed by atoms with E-state index >= 15 is 0 Å². The van der Waals surface area contributed by atoms with Crippen LogP contribution in [-0.2, 0) is 0 Å². The van der Waals surface area contributed by atoms with E-state index < -0.39 is 23.2 Å². The van der Waals surface area contributed by atoms with Gasteiger partial charge in [-0.3, -0.25) is 0 Å². The molecule has 66 valence electrons. The predicted octanol–water partition coefficient (Wildman–Crippen LogP) is -0.896. The zero-order valence-electron chi connectivity index (χ0n) is 6.77. The summed E-state index contributed by atoms with van der Waals surface area (Å²) in [5.74, 6) is -0.824. The number of phenols is 1. The molecule has 1 nitrogen and oxygen atoms in total. The van der Waals surface area contributed by atoms with Crippen molar-refractivity contribution >= 4 is 24.0 Å². The van der Waals surface area contributed by atoms with E-state index in [0.717, 1.165) is 12.1 Å². The minimum absolute atomic E-state index is 0. The van der Waals surface area contributed by atoms with E-state index in [1.807, 2.05) is 0 Å². The maximum Gasteiger partial charge on any atom is 1.00 e. The average molecular weight is 234 g/mol. The first-order chi connectivity index (χ1) is 5.43. The van der Waals surface area contributed by atoms with Gasteiger partial charge in [-0.2, -0.15) is 0 Å². The van der Waals surface area contributed by atoms with Crippen LogP contribution in [0.2, 0.25) is 5.02 Å². The van der Waals surface area contributed by atoms with E-state index in [1.165, 1.54) is 6.07 Å². The molecule has 0 saturated carbocycles. The number of aromatic hydroxyl groups is 1. The van der Waals surface area contributed by atoms with Gasteiger partial charge in [0.15, 0.2) is 0 Å². The van der Waals surface area contributed by atoms with E-state index in [4.69, 9.17) is 16.7 Å². The predicted molar refractivity (Wildman–Crippen MR) is 41.8 cm³/mol. The van der Waals surface area contributed by atoms with Gasteiger partial charge in [-0.25, -0.2) is 0 Å². The molecule has 0 fully saturated rings. The number of halogens is 4. The van der Waals surface area contributed by atoms with Crippen LogP contribution in [-0.4, -0.2) is 12.1 Å². The van der Waals surface area contributed by atoms with Crippen LogP contribution in [0.4, 0.5) is 12.9 Å². The Bertz CT molecular complexity index is 284. The van der Waals surface area contributed by atoms with Crippen molar-refractivity contribution < 1.29 is 69.4 Å². The molecule has 0 saturated heterocycles. The van der Waals surface area contributed by atoms with Gasteiger partial charge in [-0.05, 0) is 17.6 Å². The summed E-state index contributed by atoms with van der Waals surface area (Å²) < 4.78 is 36.4. The molecule has 0 aliphatic heterocycles. The topological polar surface area (TPSA) is 20.2 Å². The smallest absolute Gasteiger partial charge is 0.511 e. The second-order valence-electron chi connectivity index (χ2n) is 2.25. The summed E-state index contributed by atoms with van der Waals surface area (Å²) in [6, 6.07) is 3.30. The van der Waals surface area contributed by atoms with Gasteiger partial charge in [0.1, 0.15) is 0 Å². The van der Waals surface area contributed by atoms with Gasteiger partial charge in [-0.15, -0.1) is 0 Å². The Morgan fingerprint density at radius 2 is 1.77 bits per heavy atom. The summed E-state index contributed by atoms with van der Waals surface area (Å²) in [6.07, 6.45) is 0. The third-order valence-corrected chi connectivity index (χ3v) is 1.69. The van der Waals surface area contributed by atoms with Gasteiger partial charge in [0.2, 0.25) is 0 Å². The summed E-state index contributed by atoms with van der Waals surface area (Å²) in [5.41, 5.74) is -1.13. The van der Waals surface area contributed by atoms with Gasteiger partial charge >= 0.3 is 58.4 Å². The number of rotatable bonds is 1. The monoisotopic (exact) mass is 234 g/mol. The van der Waals surface area contributed by atoms with Crippen molar-refractivity contribution in [2.75, 3.05) is 0 Å². The molecule has 1 aromatic rings. The third-order valence-electron chi connectivity index (χ3n) is 1.36. The number of hydrogen-bond acceptors (Lipinski definition) is 1. The van der Waals surface area contributed by atoms with Gasteiger partial charge in [-0.1, -0.05) is 17.7 Å². The third kappa shape index (κ3) is 3.45. The van der Waals surface area contributed by atoms with Crippen LogP contribution in [0.15, 0.2) is 18.2 Å². The Hall–Kier alpha value is 0.801. The first-order valence-electron chi connectivity index (χ1n) is 3.10. The molecule has 0 bridgehead atoms. The minimum atomic E-state index is -5.24. The Labute approximate surface area is 121 Å². The Morgan fingerprint density at radius 3 is 2.08 bits per heavy atom. The van der Waals surface area contributed by atoms with Crippen LogP contribution in [0.25, 0.3) is 0 Å². The first-order valence-corrected chi connectivity index (χ1v) is 3.48. The average Bonchev–Trinajstić information content (AvgIpc) is 1.82. The van der Waals surface area contributed by atoms with Crippen molar-refractivity contribution in [1.29, 1.82) is 0 Å². The molecule has 13 heavy (non-hydrogen) atoms. The molecular formula is C6H4BClF3KO. The fraction of sp³-hybridized carbons (Fsp3) is 0. The first kappa shape index (κ1) is 13.8. The van der Waals surface area contributed by atoms with E-state index in [9.17, 15) is 12.9 Å². The fourth-order valence-electron chi connectivity index (χ4n) is 0.850. The van der Waals surface area contributed by atoms with Gasteiger partial charge < -0.3 is 18.1 Å². The molecular weight excluding hydrogens is 230 g/mol. The molecule has 1 rings (SSSR count). The second kappa shape index (κ2) is 5.04. The molecule has 0 aliphatic rings. The van der Waals surface area contributed by atoms with Crippen molar-refractivity contribution in [2.24, 2.45) is 0 Å². The molecule has 0 aliphatic carbocycles. The van der Waals surface area contributed by atoms with Crippen molar-refractivity contribution in [3.8, 4) is 5.75 Å². The molecule has 0 amide bonds. The summed E-state index contributed by atoms with van der Waals surface area (Å²) in [4.78, 5) is 0.